The summed E-state index contributed by atoms with van der Waals surface area (Å²) in [5.74, 6) is 0.977. The minimum Gasteiger partial charge on any atom is -0.444 e. The maximum Gasteiger partial charge on any atom is 0.410 e. The van der Waals surface area contributed by atoms with Gasteiger partial charge in [0, 0.05) is 75.8 Å². The van der Waals surface area contributed by atoms with Crippen molar-refractivity contribution in [3.8, 4) is 21.8 Å². The second kappa shape index (κ2) is 16.4. The zero-order chi connectivity index (χ0) is 39.0. The number of pyridine rings is 1. The van der Waals surface area contributed by atoms with E-state index in [0.717, 1.165) is 86.1 Å². The predicted octanol–water partition coefficient (Wildman–Crippen LogP) is 10.1. The van der Waals surface area contributed by atoms with Crippen molar-refractivity contribution in [2.24, 2.45) is 0 Å². The summed E-state index contributed by atoms with van der Waals surface area (Å²) in [6.07, 6.45) is 8.99. The van der Waals surface area contributed by atoms with Crippen molar-refractivity contribution in [1.82, 2.24) is 29.5 Å². The molecule has 0 saturated carbocycles. The van der Waals surface area contributed by atoms with Gasteiger partial charge in [-0.25, -0.2) is 14.8 Å². The number of hydrogen-bond acceptors (Lipinski definition) is 10. The molecule has 4 aromatic heterocycles. The van der Waals surface area contributed by atoms with Gasteiger partial charge in [-0.1, -0.05) is 45.3 Å². The number of carbonyl (C=O) groups excluding carboxylic acids is 1. The molecule has 2 aliphatic heterocycles. The van der Waals surface area contributed by atoms with E-state index < -0.39 is 21.7 Å². The Bertz CT molecular complexity index is 1880. The van der Waals surface area contributed by atoms with Crippen LogP contribution in [0.2, 0.25) is 51.4 Å². The van der Waals surface area contributed by atoms with Gasteiger partial charge >= 0.3 is 6.09 Å². The molecule has 4 aromatic rings. The van der Waals surface area contributed by atoms with Crippen LogP contribution in [-0.2, 0) is 14.2 Å². The maximum atomic E-state index is 13.4. The van der Waals surface area contributed by atoms with E-state index in [1.54, 1.807) is 11.3 Å². The number of aryl methyl sites for hydroxylation is 1. The number of amides is 1. The molecular weight excluding hydrogens is 799 g/mol. The molecule has 3 atom stereocenters. The van der Waals surface area contributed by atoms with Gasteiger partial charge in [0.2, 0.25) is 0 Å². The van der Waals surface area contributed by atoms with E-state index in [9.17, 15) is 4.79 Å². The summed E-state index contributed by atoms with van der Waals surface area (Å²) in [5, 5.41) is 5.87. The van der Waals surface area contributed by atoms with Gasteiger partial charge < -0.3 is 24.0 Å². The molecule has 0 unspecified atom stereocenters. The van der Waals surface area contributed by atoms with Gasteiger partial charge in [-0.3, -0.25) is 4.98 Å². The van der Waals surface area contributed by atoms with E-state index in [-0.39, 0.29) is 24.1 Å². The number of piperidine rings is 1. The topological polar surface area (TPSA) is 107 Å². The first kappa shape index (κ1) is 41.0. The minimum atomic E-state index is -1.29. The van der Waals surface area contributed by atoms with Crippen molar-refractivity contribution in [1.29, 1.82) is 0 Å². The normalized spacial score (nSPS) is 19.2. The van der Waals surface area contributed by atoms with Gasteiger partial charge in [-0.15, -0.1) is 11.3 Å². The molecule has 2 saturated heterocycles. The Morgan fingerprint density at radius 2 is 1.57 bits per heavy atom. The molecule has 11 nitrogen and oxygen atoms in total. The van der Waals surface area contributed by atoms with Gasteiger partial charge in [0.05, 0.1) is 22.1 Å². The Morgan fingerprint density at radius 3 is 2.09 bits per heavy atom. The number of halogens is 1. The number of anilines is 1. The molecule has 0 aromatic carbocycles. The zero-order valence-corrected chi connectivity index (χ0v) is 38.1. The molecule has 0 N–H and O–H groups in total. The summed E-state index contributed by atoms with van der Waals surface area (Å²) in [6, 6.07) is 6.44. The van der Waals surface area contributed by atoms with Crippen molar-refractivity contribution >= 4 is 61.0 Å². The Balaban J connectivity index is 1.39. The van der Waals surface area contributed by atoms with Crippen LogP contribution in [-0.4, -0.2) is 96.1 Å². The van der Waals surface area contributed by atoms with E-state index in [2.05, 4.69) is 78.1 Å². The highest BCUT2D eigenvalue weighted by molar-refractivity contribution is 9.10. The maximum absolute atomic E-state index is 13.4. The highest BCUT2D eigenvalue weighted by Gasteiger charge is 2.46. The van der Waals surface area contributed by atoms with E-state index in [1.165, 1.54) is 0 Å². The number of hydrogen-bond donors (Lipinski definition) is 0. The third kappa shape index (κ3) is 9.99. The molecule has 6 heterocycles. The first-order valence-electron chi connectivity index (χ1n) is 19.2. The molecule has 15 heteroatoms. The van der Waals surface area contributed by atoms with Crippen molar-refractivity contribution < 1.29 is 19.0 Å². The summed E-state index contributed by atoms with van der Waals surface area (Å²) < 4.78 is 21.5. The van der Waals surface area contributed by atoms with E-state index in [1.807, 2.05) is 54.8 Å². The van der Waals surface area contributed by atoms with E-state index >= 15 is 0 Å². The van der Waals surface area contributed by atoms with Crippen LogP contribution in [0.1, 0.15) is 62.9 Å². The minimum absolute atomic E-state index is 0.0958. The lowest BCUT2D eigenvalue weighted by molar-refractivity contribution is 0.00566. The van der Waals surface area contributed by atoms with Crippen LogP contribution in [0.5, 0.6) is 0 Å². The lowest BCUT2D eigenvalue weighted by Crippen LogP contribution is -2.48. The summed E-state index contributed by atoms with van der Waals surface area (Å²) in [5.41, 5.74) is 3.84. The predicted molar refractivity (Wildman–Crippen MR) is 227 cm³/mol. The summed E-state index contributed by atoms with van der Waals surface area (Å²) in [6.45, 7) is 24.2. The van der Waals surface area contributed by atoms with Crippen molar-refractivity contribution in [3.63, 3.8) is 0 Å². The lowest BCUT2D eigenvalue weighted by atomic mass is 9.88. The van der Waals surface area contributed by atoms with Gasteiger partial charge in [-0.2, -0.15) is 9.61 Å². The first-order valence-corrected chi connectivity index (χ1v) is 28.3. The molecule has 0 radical (unpaired) electrons. The molecule has 0 aliphatic carbocycles. The number of nitrogens with zero attached hydrogens (tertiary/aromatic N) is 7. The number of rotatable bonds is 14. The first-order chi connectivity index (χ1) is 25.4. The molecule has 2 fully saturated rings. The Morgan fingerprint density at radius 1 is 0.944 bits per heavy atom. The smallest absolute Gasteiger partial charge is 0.410 e. The zero-order valence-electron chi connectivity index (χ0n) is 33.7. The van der Waals surface area contributed by atoms with Crippen LogP contribution in [0.25, 0.3) is 27.5 Å². The van der Waals surface area contributed by atoms with E-state index in [4.69, 9.17) is 29.3 Å². The molecule has 1 amide bonds. The third-order valence-electron chi connectivity index (χ3n) is 10.0. The average Bonchev–Trinajstić information content (AvgIpc) is 3.77. The second-order valence-electron chi connectivity index (χ2n) is 18.3. The average molecular weight is 857 g/mol. The quantitative estimate of drug-likeness (QED) is 0.0696. The second-order valence-corrected chi connectivity index (χ2v) is 31.6. The molecule has 2 aliphatic rings. The van der Waals surface area contributed by atoms with Crippen LogP contribution in [0.15, 0.2) is 35.2 Å². The summed E-state index contributed by atoms with van der Waals surface area (Å²) in [4.78, 5) is 33.5. The molecule has 294 valence electrons. The van der Waals surface area contributed by atoms with Crippen molar-refractivity contribution in [2.75, 3.05) is 31.6 Å². The molecule has 54 heavy (non-hydrogen) atoms. The highest BCUT2D eigenvalue weighted by atomic mass is 79.9. The third-order valence-corrected chi connectivity index (χ3v) is 15.1. The fourth-order valence-corrected chi connectivity index (χ4v) is 10.2. The Hall–Kier alpha value is -2.70. The Labute approximate surface area is 335 Å². The summed E-state index contributed by atoms with van der Waals surface area (Å²) >= 11 is 5.72. The van der Waals surface area contributed by atoms with Crippen molar-refractivity contribution in [3.05, 3.63) is 45.8 Å². The van der Waals surface area contributed by atoms with Gasteiger partial charge in [-0.05, 0) is 87.5 Å². The van der Waals surface area contributed by atoms with Crippen LogP contribution in [0, 0.1) is 6.92 Å². The lowest BCUT2D eigenvalue weighted by Gasteiger charge is -2.39. The molecule has 2 bridgehead atoms. The number of fused-ring (bicyclic) bond motifs is 3. The monoisotopic (exact) mass is 855 g/mol. The summed E-state index contributed by atoms with van der Waals surface area (Å²) in [7, 11) is -2.59. The van der Waals surface area contributed by atoms with Gasteiger partial charge in [0.15, 0.2) is 11.5 Å². The highest BCUT2D eigenvalue weighted by Crippen LogP contribution is 2.47. The number of ether oxygens (including phenoxy) is 3. The van der Waals surface area contributed by atoms with E-state index in [0.29, 0.717) is 26.7 Å². The van der Waals surface area contributed by atoms with Crippen LogP contribution in [0.3, 0.4) is 0 Å². The number of aromatic nitrogens is 5. The molecule has 0 spiro atoms. The van der Waals surface area contributed by atoms with Crippen LogP contribution < -0.4 is 4.90 Å². The number of carbonyl (C=O) groups is 1. The van der Waals surface area contributed by atoms with Gasteiger partial charge in [0.1, 0.15) is 24.1 Å². The standard InChI is InChI=1S/C39H58BrN7O4SSi2/c1-26-21-42-36(52-26)32-14-11-27(22-41-32)31-23-43-47-35(31)44-34(28-19-29-12-13-30(20-28)46(29)38(48)51-39(2,3)4)33(40)37(47)45(24-49-15-17-53(5,6)7)25-50-16-18-54(8,9)10/h11,14,21-23,28-30H,12-13,15-20,24-25H2,1-10H3/t28-,29-,30+. The Kier molecular flexibility index (Phi) is 12.5. The van der Waals surface area contributed by atoms with Crippen LogP contribution in [0.4, 0.5) is 10.6 Å². The molecule has 6 rings (SSSR count). The number of thiazole rings is 1. The van der Waals surface area contributed by atoms with Crippen LogP contribution >= 0.6 is 27.3 Å². The van der Waals surface area contributed by atoms with Crippen molar-refractivity contribution in [2.45, 2.75) is 128 Å². The fraction of sp³-hybridized carbons (Fsp3) is 0.615. The molecular formula is C39H58BrN7O4SSi2. The largest absolute Gasteiger partial charge is 0.444 e. The van der Waals surface area contributed by atoms with Gasteiger partial charge in [0.25, 0.3) is 0 Å². The SMILES string of the molecule is Cc1cnc(-c2ccc(-c3cnn4c(N(COCC[Si](C)(C)C)COCC[Si](C)(C)C)c(Br)c([C@@H]5C[C@H]6CC[C@@H](C5)N6C(=O)OC(C)(C)C)nc34)cn2)s1. The fourth-order valence-electron chi connectivity index (χ4n) is 7.15.